The molecule has 0 saturated carbocycles. The third kappa shape index (κ3) is 3.01. The van der Waals surface area contributed by atoms with E-state index in [4.69, 9.17) is 5.73 Å². The van der Waals surface area contributed by atoms with Crippen LogP contribution in [0.2, 0.25) is 0 Å². The highest BCUT2D eigenvalue weighted by Crippen LogP contribution is 2.29. The van der Waals surface area contributed by atoms with E-state index >= 15 is 0 Å². The molecular formula is C12H16BrF2N. The fraction of sp³-hybridized carbons (Fsp3) is 0.500. The molecule has 0 aliphatic heterocycles. The van der Waals surface area contributed by atoms with Crippen molar-refractivity contribution in [3.8, 4) is 0 Å². The second-order valence-corrected chi connectivity index (χ2v) is 5.16. The zero-order valence-electron chi connectivity index (χ0n) is 9.43. The first-order valence-electron chi connectivity index (χ1n) is 5.22. The van der Waals surface area contributed by atoms with Gasteiger partial charge < -0.3 is 5.73 Å². The van der Waals surface area contributed by atoms with Crippen LogP contribution in [0, 0.1) is 11.7 Å². The van der Waals surface area contributed by atoms with Gasteiger partial charge in [0.25, 0.3) is 0 Å². The maximum atomic E-state index is 14.4. The van der Waals surface area contributed by atoms with Crippen molar-refractivity contribution in [3.63, 3.8) is 0 Å². The fourth-order valence-corrected chi connectivity index (χ4v) is 1.98. The predicted octanol–water partition coefficient (Wildman–Crippen LogP) is 3.45. The van der Waals surface area contributed by atoms with Crippen LogP contribution >= 0.6 is 15.9 Å². The van der Waals surface area contributed by atoms with Gasteiger partial charge in [-0.05, 0) is 23.6 Å². The predicted molar refractivity (Wildman–Crippen MR) is 65.5 cm³/mol. The number of halogens is 3. The lowest BCUT2D eigenvalue weighted by molar-refractivity contribution is 0.110. The van der Waals surface area contributed by atoms with Crippen molar-refractivity contribution in [3.05, 3.63) is 34.1 Å². The van der Waals surface area contributed by atoms with E-state index in [0.29, 0.717) is 4.47 Å². The Kier molecular flexibility index (Phi) is 4.44. The summed E-state index contributed by atoms with van der Waals surface area (Å²) in [5.41, 5.74) is 4.77. The molecular weight excluding hydrogens is 276 g/mol. The summed E-state index contributed by atoms with van der Waals surface area (Å²) in [6.45, 7) is 3.56. The van der Waals surface area contributed by atoms with Gasteiger partial charge in [0.1, 0.15) is 11.5 Å². The second-order valence-electron chi connectivity index (χ2n) is 4.31. The minimum Gasteiger partial charge on any atom is -0.328 e. The molecule has 1 atom stereocenters. The molecule has 0 aliphatic carbocycles. The van der Waals surface area contributed by atoms with E-state index in [1.807, 2.05) is 0 Å². The monoisotopic (exact) mass is 291 g/mol. The van der Waals surface area contributed by atoms with E-state index in [1.165, 1.54) is 12.1 Å². The lowest BCUT2D eigenvalue weighted by atomic mass is 9.86. The largest absolute Gasteiger partial charge is 0.328 e. The molecule has 0 spiro atoms. The maximum absolute atomic E-state index is 14.4. The molecule has 0 bridgehead atoms. The molecule has 0 heterocycles. The van der Waals surface area contributed by atoms with Crippen LogP contribution in [0.5, 0.6) is 0 Å². The Labute approximate surface area is 103 Å². The van der Waals surface area contributed by atoms with E-state index in [0.717, 1.165) is 5.56 Å². The Morgan fingerprint density at radius 2 is 2.06 bits per heavy atom. The number of alkyl halides is 1. The van der Waals surface area contributed by atoms with Crippen LogP contribution in [0.3, 0.4) is 0 Å². The van der Waals surface area contributed by atoms with Crippen LogP contribution in [-0.4, -0.2) is 12.2 Å². The molecule has 0 amide bonds. The van der Waals surface area contributed by atoms with E-state index in [2.05, 4.69) is 15.9 Å². The van der Waals surface area contributed by atoms with Crippen LogP contribution in [0.4, 0.5) is 8.78 Å². The van der Waals surface area contributed by atoms with E-state index in [9.17, 15) is 8.78 Å². The molecule has 16 heavy (non-hydrogen) atoms. The topological polar surface area (TPSA) is 26.0 Å². The average molecular weight is 292 g/mol. The van der Waals surface area contributed by atoms with E-state index in [1.54, 1.807) is 19.9 Å². The SMILES string of the molecule is CC(C)C(F)(CN)Cc1ccc(F)cc1Br. The van der Waals surface area contributed by atoms with Crippen LogP contribution in [-0.2, 0) is 6.42 Å². The fourth-order valence-electron chi connectivity index (χ4n) is 1.49. The van der Waals surface area contributed by atoms with Crippen molar-refractivity contribution < 1.29 is 8.78 Å². The average Bonchev–Trinajstić information content (AvgIpc) is 2.22. The number of benzene rings is 1. The van der Waals surface area contributed by atoms with Gasteiger partial charge >= 0.3 is 0 Å². The first-order valence-corrected chi connectivity index (χ1v) is 6.01. The van der Waals surface area contributed by atoms with Crippen molar-refractivity contribution in [2.75, 3.05) is 6.54 Å². The minimum absolute atomic E-state index is 0.0333. The lowest BCUT2D eigenvalue weighted by Crippen LogP contribution is -2.40. The molecule has 1 rings (SSSR count). The molecule has 1 aromatic rings. The highest BCUT2D eigenvalue weighted by molar-refractivity contribution is 9.10. The van der Waals surface area contributed by atoms with Crippen molar-refractivity contribution in [1.29, 1.82) is 0 Å². The van der Waals surface area contributed by atoms with Gasteiger partial charge in [-0.3, -0.25) is 0 Å². The van der Waals surface area contributed by atoms with Crippen LogP contribution in [0.25, 0.3) is 0 Å². The summed E-state index contributed by atoms with van der Waals surface area (Å²) < 4.78 is 27.8. The summed E-state index contributed by atoms with van der Waals surface area (Å²) in [4.78, 5) is 0. The van der Waals surface area contributed by atoms with Crippen molar-refractivity contribution in [1.82, 2.24) is 0 Å². The van der Waals surface area contributed by atoms with Crippen molar-refractivity contribution in [2.45, 2.75) is 25.9 Å². The number of hydrogen-bond donors (Lipinski definition) is 1. The molecule has 4 heteroatoms. The van der Waals surface area contributed by atoms with Gasteiger partial charge in [0.15, 0.2) is 0 Å². The van der Waals surface area contributed by atoms with Gasteiger partial charge in [0.05, 0.1) is 0 Å². The number of nitrogens with two attached hydrogens (primary N) is 1. The van der Waals surface area contributed by atoms with Crippen LogP contribution in [0.1, 0.15) is 19.4 Å². The van der Waals surface area contributed by atoms with E-state index < -0.39 is 5.67 Å². The minimum atomic E-state index is -1.44. The molecule has 0 fully saturated rings. The number of hydrogen-bond acceptors (Lipinski definition) is 1. The van der Waals surface area contributed by atoms with Crippen LogP contribution in [0.15, 0.2) is 22.7 Å². The maximum Gasteiger partial charge on any atom is 0.129 e. The van der Waals surface area contributed by atoms with Crippen molar-refractivity contribution in [2.24, 2.45) is 11.7 Å². The quantitative estimate of drug-likeness (QED) is 0.903. The standard InChI is InChI=1S/C12H16BrF2N/c1-8(2)12(15,7-16)6-9-3-4-10(14)5-11(9)13/h3-5,8H,6-7,16H2,1-2H3. The summed E-state index contributed by atoms with van der Waals surface area (Å²) in [7, 11) is 0. The second kappa shape index (κ2) is 5.23. The first-order chi connectivity index (χ1) is 7.39. The molecule has 2 N–H and O–H groups in total. The zero-order valence-corrected chi connectivity index (χ0v) is 11.0. The smallest absolute Gasteiger partial charge is 0.129 e. The summed E-state index contributed by atoms with van der Waals surface area (Å²) in [6.07, 6.45) is 0.196. The normalized spacial score (nSPS) is 15.2. The van der Waals surface area contributed by atoms with Gasteiger partial charge in [-0.1, -0.05) is 35.8 Å². The highest BCUT2D eigenvalue weighted by Gasteiger charge is 2.32. The molecule has 1 unspecified atom stereocenters. The molecule has 90 valence electrons. The van der Waals surface area contributed by atoms with Crippen molar-refractivity contribution >= 4 is 15.9 Å². The zero-order chi connectivity index (χ0) is 12.3. The highest BCUT2D eigenvalue weighted by atomic mass is 79.9. The molecule has 0 radical (unpaired) electrons. The van der Waals surface area contributed by atoms with Gasteiger partial charge in [0.2, 0.25) is 0 Å². The van der Waals surface area contributed by atoms with Crippen LogP contribution < -0.4 is 5.73 Å². The van der Waals surface area contributed by atoms with Gasteiger partial charge in [0, 0.05) is 17.4 Å². The molecule has 0 saturated heterocycles. The van der Waals surface area contributed by atoms with Gasteiger partial charge in [-0.2, -0.15) is 0 Å². The van der Waals surface area contributed by atoms with Gasteiger partial charge in [-0.25, -0.2) is 8.78 Å². The lowest BCUT2D eigenvalue weighted by Gasteiger charge is -2.28. The summed E-state index contributed by atoms with van der Waals surface area (Å²) >= 11 is 3.23. The Balaban J connectivity index is 2.95. The van der Waals surface area contributed by atoms with E-state index in [-0.39, 0.29) is 24.7 Å². The molecule has 1 aromatic carbocycles. The summed E-state index contributed by atoms with van der Waals surface area (Å²) in [5, 5.41) is 0. The molecule has 0 aromatic heterocycles. The Morgan fingerprint density at radius 1 is 1.44 bits per heavy atom. The Hall–Kier alpha value is -0.480. The molecule has 0 aliphatic rings. The Morgan fingerprint density at radius 3 is 2.50 bits per heavy atom. The first kappa shape index (κ1) is 13.6. The summed E-state index contributed by atoms with van der Waals surface area (Å²) in [6, 6.07) is 4.26. The van der Waals surface area contributed by atoms with Gasteiger partial charge in [-0.15, -0.1) is 0 Å². The third-order valence-corrected chi connectivity index (χ3v) is 3.61. The third-order valence-electron chi connectivity index (χ3n) is 2.87. The Bertz CT molecular complexity index is 368. The summed E-state index contributed by atoms with van der Waals surface area (Å²) in [5.74, 6) is -0.508. The molecule has 1 nitrogen and oxygen atoms in total. The number of rotatable bonds is 4.